The zero-order valence-electron chi connectivity index (χ0n) is 11.1. The van der Waals surface area contributed by atoms with Gasteiger partial charge < -0.3 is 5.32 Å². The smallest absolute Gasteiger partial charge is 0.143 e. The van der Waals surface area contributed by atoms with Crippen LogP contribution in [0, 0.1) is 17.5 Å². The average Bonchev–Trinajstić information content (AvgIpc) is 2.47. The van der Waals surface area contributed by atoms with Gasteiger partial charge in [0, 0.05) is 11.6 Å². The fraction of sp³-hybridized carbons (Fsp3) is 0.200. The number of nitrogens with one attached hydrogen (secondary N) is 1. The molecule has 0 radical (unpaired) electrons. The van der Waals surface area contributed by atoms with E-state index in [0.717, 1.165) is 0 Å². The molecule has 0 aromatic heterocycles. The lowest BCUT2D eigenvalue weighted by Gasteiger charge is -2.18. The van der Waals surface area contributed by atoms with E-state index in [1.54, 1.807) is 7.05 Å². The molecule has 0 aliphatic rings. The lowest BCUT2D eigenvalue weighted by atomic mass is 9.98. The molecule has 0 saturated carbocycles. The Morgan fingerprint density at radius 3 is 2.43 bits per heavy atom. The number of rotatable bonds is 4. The van der Waals surface area contributed by atoms with Crippen LogP contribution in [0.3, 0.4) is 0 Å². The molecule has 0 fully saturated rings. The molecule has 0 aliphatic carbocycles. The van der Waals surface area contributed by atoms with Crippen LogP contribution in [0.25, 0.3) is 0 Å². The molecule has 1 nitrogen and oxygen atoms in total. The van der Waals surface area contributed by atoms with E-state index < -0.39 is 17.5 Å². The topological polar surface area (TPSA) is 12.0 Å². The average molecular weight is 379 g/mol. The monoisotopic (exact) mass is 377 g/mol. The Hall–Kier alpha value is -1.04. The minimum Gasteiger partial charge on any atom is -0.313 e. The van der Waals surface area contributed by atoms with Gasteiger partial charge in [-0.25, -0.2) is 13.2 Å². The van der Waals surface area contributed by atoms with Gasteiger partial charge in [-0.1, -0.05) is 17.7 Å². The number of benzene rings is 2. The molecular weight excluding hydrogens is 367 g/mol. The van der Waals surface area contributed by atoms with E-state index in [1.165, 1.54) is 30.3 Å². The molecule has 0 aliphatic heterocycles. The molecule has 6 heteroatoms. The van der Waals surface area contributed by atoms with Gasteiger partial charge in [0.25, 0.3) is 0 Å². The largest absolute Gasteiger partial charge is 0.313 e. The van der Waals surface area contributed by atoms with Crippen molar-refractivity contribution in [2.24, 2.45) is 0 Å². The molecule has 0 spiro atoms. The maximum atomic E-state index is 14.0. The Morgan fingerprint density at radius 1 is 1.14 bits per heavy atom. The molecule has 0 heterocycles. The molecule has 1 atom stereocenters. The van der Waals surface area contributed by atoms with E-state index in [4.69, 9.17) is 11.6 Å². The van der Waals surface area contributed by atoms with Crippen LogP contribution in [0.4, 0.5) is 13.2 Å². The summed E-state index contributed by atoms with van der Waals surface area (Å²) in [6, 6.07) is 6.35. The third-order valence-corrected chi connectivity index (χ3v) is 4.14. The van der Waals surface area contributed by atoms with Crippen molar-refractivity contribution in [2.45, 2.75) is 12.5 Å². The first-order valence-electron chi connectivity index (χ1n) is 6.18. The predicted molar refractivity (Wildman–Crippen MR) is 81.0 cm³/mol. The summed E-state index contributed by atoms with van der Waals surface area (Å²) >= 11 is 8.78. The fourth-order valence-corrected chi connectivity index (χ4v) is 2.64. The number of likely N-dealkylation sites (N-methyl/N-ethyl adjacent to an activating group) is 1. The first-order chi connectivity index (χ1) is 9.93. The van der Waals surface area contributed by atoms with Gasteiger partial charge in [-0.05, 0) is 59.2 Å². The van der Waals surface area contributed by atoms with Crippen molar-refractivity contribution in [1.82, 2.24) is 5.32 Å². The Labute approximate surface area is 134 Å². The Balaban J connectivity index is 2.35. The summed E-state index contributed by atoms with van der Waals surface area (Å²) in [6.45, 7) is 0. The maximum Gasteiger partial charge on any atom is 0.143 e. The molecule has 0 bridgehead atoms. The summed E-state index contributed by atoms with van der Waals surface area (Å²) in [5, 5.41) is 2.93. The van der Waals surface area contributed by atoms with E-state index in [1.807, 2.05) is 0 Å². The van der Waals surface area contributed by atoms with Crippen LogP contribution >= 0.6 is 27.5 Å². The van der Waals surface area contributed by atoms with Crippen LogP contribution in [-0.2, 0) is 6.42 Å². The highest BCUT2D eigenvalue weighted by Crippen LogP contribution is 2.28. The third kappa shape index (κ3) is 3.59. The van der Waals surface area contributed by atoms with Gasteiger partial charge in [0.1, 0.15) is 17.5 Å². The quantitative estimate of drug-likeness (QED) is 0.736. The minimum absolute atomic E-state index is 0.0251. The SMILES string of the molecule is CNC(Cc1c(F)ccc(Br)c1F)c1ccc(F)c(Cl)c1. The van der Waals surface area contributed by atoms with Gasteiger partial charge in [0.05, 0.1) is 9.50 Å². The third-order valence-electron chi connectivity index (χ3n) is 3.24. The van der Waals surface area contributed by atoms with E-state index in [-0.39, 0.29) is 27.5 Å². The maximum absolute atomic E-state index is 14.0. The van der Waals surface area contributed by atoms with Crippen molar-refractivity contribution in [3.05, 3.63) is 68.4 Å². The van der Waals surface area contributed by atoms with Gasteiger partial charge in [0.15, 0.2) is 0 Å². The zero-order valence-corrected chi connectivity index (χ0v) is 13.4. The van der Waals surface area contributed by atoms with Crippen LogP contribution in [-0.4, -0.2) is 7.05 Å². The molecule has 0 saturated heterocycles. The summed E-state index contributed by atoms with van der Waals surface area (Å²) < 4.78 is 41.2. The summed E-state index contributed by atoms with van der Waals surface area (Å²) in [5.74, 6) is -1.79. The molecule has 1 N–H and O–H groups in total. The van der Waals surface area contributed by atoms with Crippen LogP contribution in [0.5, 0.6) is 0 Å². The summed E-state index contributed by atoms with van der Waals surface area (Å²) in [6.07, 6.45) is 0.0789. The lowest BCUT2D eigenvalue weighted by Crippen LogP contribution is -2.20. The minimum atomic E-state index is -0.636. The van der Waals surface area contributed by atoms with E-state index in [9.17, 15) is 13.2 Å². The van der Waals surface area contributed by atoms with Crippen LogP contribution in [0.15, 0.2) is 34.8 Å². The number of halogens is 5. The van der Waals surface area contributed by atoms with Crippen LogP contribution in [0.1, 0.15) is 17.2 Å². The van der Waals surface area contributed by atoms with Crippen molar-refractivity contribution in [3.63, 3.8) is 0 Å². The first-order valence-corrected chi connectivity index (χ1v) is 7.35. The second-order valence-corrected chi connectivity index (χ2v) is 5.80. The predicted octanol–water partition coefficient (Wildman–Crippen LogP) is 5.02. The highest BCUT2D eigenvalue weighted by molar-refractivity contribution is 9.10. The fourth-order valence-electron chi connectivity index (χ4n) is 2.08. The Kier molecular flexibility index (Phi) is 5.30. The van der Waals surface area contributed by atoms with Crippen LogP contribution in [0.2, 0.25) is 5.02 Å². The molecule has 21 heavy (non-hydrogen) atoms. The molecule has 112 valence electrons. The van der Waals surface area contributed by atoms with Gasteiger partial charge in [-0.2, -0.15) is 0 Å². The highest BCUT2D eigenvalue weighted by atomic mass is 79.9. The molecular formula is C15H12BrClF3N. The van der Waals surface area contributed by atoms with Crippen molar-refractivity contribution in [1.29, 1.82) is 0 Å². The van der Waals surface area contributed by atoms with Gasteiger partial charge in [0.2, 0.25) is 0 Å². The Morgan fingerprint density at radius 2 is 1.81 bits per heavy atom. The zero-order chi connectivity index (χ0) is 15.6. The highest BCUT2D eigenvalue weighted by Gasteiger charge is 2.19. The van der Waals surface area contributed by atoms with Crippen molar-refractivity contribution in [3.8, 4) is 0 Å². The van der Waals surface area contributed by atoms with E-state index in [2.05, 4.69) is 21.2 Å². The van der Waals surface area contributed by atoms with Gasteiger partial charge in [-0.3, -0.25) is 0 Å². The second kappa shape index (κ2) is 6.81. The molecule has 2 aromatic carbocycles. The standard InChI is InChI=1S/C15H12BrClF3N/c1-21-14(8-2-4-13(19)11(17)6-8)7-9-12(18)5-3-10(16)15(9)20/h2-6,14,21H,7H2,1H3. The van der Waals surface area contributed by atoms with Crippen LogP contribution < -0.4 is 5.32 Å². The van der Waals surface area contributed by atoms with Gasteiger partial charge in [-0.15, -0.1) is 0 Å². The molecule has 2 aromatic rings. The molecule has 0 amide bonds. The van der Waals surface area contributed by atoms with Crippen molar-refractivity contribution >= 4 is 27.5 Å². The normalized spacial score (nSPS) is 12.5. The summed E-state index contributed by atoms with van der Waals surface area (Å²) in [4.78, 5) is 0. The van der Waals surface area contributed by atoms with Gasteiger partial charge >= 0.3 is 0 Å². The lowest BCUT2D eigenvalue weighted by molar-refractivity contribution is 0.512. The van der Waals surface area contributed by atoms with Crippen molar-refractivity contribution < 1.29 is 13.2 Å². The Bertz CT molecular complexity index is 664. The summed E-state index contributed by atoms with van der Waals surface area (Å²) in [7, 11) is 1.66. The van der Waals surface area contributed by atoms with E-state index in [0.29, 0.717) is 5.56 Å². The summed E-state index contributed by atoms with van der Waals surface area (Å²) in [5.41, 5.74) is 0.617. The second-order valence-electron chi connectivity index (χ2n) is 4.54. The van der Waals surface area contributed by atoms with Crippen molar-refractivity contribution in [2.75, 3.05) is 7.05 Å². The molecule has 1 unspecified atom stereocenters. The number of hydrogen-bond donors (Lipinski definition) is 1. The number of hydrogen-bond acceptors (Lipinski definition) is 1. The molecule has 2 rings (SSSR count). The first kappa shape index (κ1) is 16.3. The van der Waals surface area contributed by atoms with E-state index >= 15 is 0 Å².